The van der Waals surface area contributed by atoms with Gasteiger partial charge in [0.15, 0.2) is 0 Å². The summed E-state index contributed by atoms with van der Waals surface area (Å²) in [7, 11) is -3.37. The highest BCUT2D eigenvalue weighted by molar-refractivity contribution is 7.92. The number of hydrogen-bond donors (Lipinski definition) is 2. The van der Waals surface area contributed by atoms with Crippen LogP contribution in [0.5, 0.6) is 5.75 Å². The molecule has 1 rings (SSSR count). The third-order valence-corrected chi connectivity index (χ3v) is 3.73. The van der Waals surface area contributed by atoms with Crippen molar-refractivity contribution in [3.63, 3.8) is 0 Å². The highest BCUT2D eigenvalue weighted by Crippen LogP contribution is 2.20. The van der Waals surface area contributed by atoms with E-state index < -0.39 is 10.0 Å². The van der Waals surface area contributed by atoms with Crippen molar-refractivity contribution in [3.8, 4) is 5.75 Å². The molecule has 1 aromatic rings. The van der Waals surface area contributed by atoms with E-state index in [4.69, 9.17) is 10.5 Å². The third kappa shape index (κ3) is 4.93. The van der Waals surface area contributed by atoms with Gasteiger partial charge in [0, 0.05) is 12.6 Å². The fraction of sp³-hybridized carbons (Fsp3) is 0.500. The molecule has 5 nitrogen and oxygen atoms in total. The molecule has 0 aromatic heterocycles. The van der Waals surface area contributed by atoms with Gasteiger partial charge in [-0.05, 0) is 25.5 Å². The smallest absolute Gasteiger partial charge is 0.233 e. The molecular formula is C12H20N2O3S. The molecule has 0 amide bonds. The Kier molecular flexibility index (Phi) is 5.43. The van der Waals surface area contributed by atoms with Crippen LogP contribution in [0.2, 0.25) is 0 Å². The Morgan fingerprint density at radius 3 is 2.78 bits per heavy atom. The summed E-state index contributed by atoms with van der Waals surface area (Å²) in [6.45, 7) is 4.09. The lowest BCUT2D eigenvalue weighted by Gasteiger charge is -2.14. The third-order valence-electron chi connectivity index (χ3n) is 2.41. The van der Waals surface area contributed by atoms with Crippen LogP contribution >= 0.6 is 0 Å². The number of nitrogens with one attached hydrogen (secondary N) is 1. The minimum atomic E-state index is -3.37. The lowest BCUT2D eigenvalue weighted by Crippen LogP contribution is -2.22. The van der Waals surface area contributed by atoms with Crippen molar-refractivity contribution in [2.75, 3.05) is 17.0 Å². The first-order chi connectivity index (χ1) is 8.46. The number of rotatable bonds is 7. The van der Waals surface area contributed by atoms with E-state index >= 15 is 0 Å². The second-order valence-electron chi connectivity index (χ2n) is 4.07. The first-order valence-electron chi connectivity index (χ1n) is 5.94. The number of nitrogens with two attached hydrogens (primary N) is 1. The van der Waals surface area contributed by atoms with Crippen molar-refractivity contribution in [2.24, 2.45) is 5.73 Å². The van der Waals surface area contributed by atoms with E-state index in [1.165, 1.54) is 0 Å². The maximum Gasteiger partial charge on any atom is 0.233 e. The van der Waals surface area contributed by atoms with Crippen molar-refractivity contribution in [2.45, 2.75) is 26.4 Å². The summed E-state index contributed by atoms with van der Waals surface area (Å²) >= 11 is 0. The molecule has 0 saturated heterocycles. The van der Waals surface area contributed by atoms with E-state index in [2.05, 4.69) is 4.72 Å². The van der Waals surface area contributed by atoms with E-state index in [0.717, 1.165) is 6.42 Å². The van der Waals surface area contributed by atoms with Gasteiger partial charge in [-0.2, -0.15) is 0 Å². The molecule has 1 aromatic carbocycles. The van der Waals surface area contributed by atoms with Crippen LogP contribution < -0.4 is 15.2 Å². The summed E-state index contributed by atoms with van der Waals surface area (Å²) in [6.07, 6.45) is 0.990. The van der Waals surface area contributed by atoms with Gasteiger partial charge in [0.25, 0.3) is 0 Å². The predicted octanol–water partition coefficient (Wildman–Crippen LogP) is 1.56. The van der Waals surface area contributed by atoms with Crippen molar-refractivity contribution in [1.82, 2.24) is 0 Å². The minimum Gasteiger partial charge on any atom is -0.491 e. The average molecular weight is 272 g/mol. The normalized spacial score (nSPS) is 13.1. The molecule has 18 heavy (non-hydrogen) atoms. The van der Waals surface area contributed by atoms with Crippen LogP contribution in [0.3, 0.4) is 0 Å². The Balaban J connectivity index is 2.76. The molecule has 0 bridgehead atoms. The lowest BCUT2D eigenvalue weighted by molar-refractivity contribution is 0.217. The zero-order chi connectivity index (χ0) is 13.6. The summed E-state index contributed by atoms with van der Waals surface area (Å²) < 4.78 is 31.2. The van der Waals surface area contributed by atoms with E-state index in [9.17, 15) is 8.42 Å². The largest absolute Gasteiger partial charge is 0.491 e. The maximum absolute atomic E-state index is 11.6. The van der Waals surface area contributed by atoms with E-state index in [1.54, 1.807) is 24.3 Å². The lowest BCUT2D eigenvalue weighted by atomic mass is 10.3. The van der Waals surface area contributed by atoms with Gasteiger partial charge in [0.2, 0.25) is 10.0 Å². The molecule has 0 saturated carbocycles. The molecule has 0 aliphatic rings. The minimum absolute atomic E-state index is 0.0938. The number of hydrogen-bond acceptors (Lipinski definition) is 4. The number of sulfonamides is 1. The molecule has 102 valence electrons. The van der Waals surface area contributed by atoms with Gasteiger partial charge in [0.05, 0.1) is 17.5 Å². The molecule has 3 N–H and O–H groups in total. The predicted molar refractivity (Wildman–Crippen MR) is 73.3 cm³/mol. The molecule has 6 heteroatoms. The summed E-state index contributed by atoms with van der Waals surface area (Å²) in [6, 6.07) is 6.89. The summed E-state index contributed by atoms with van der Waals surface area (Å²) in [4.78, 5) is 0. The highest BCUT2D eigenvalue weighted by atomic mass is 32.2. The van der Waals surface area contributed by atoms with Gasteiger partial charge >= 0.3 is 0 Å². The average Bonchev–Trinajstić information content (AvgIpc) is 2.28. The van der Waals surface area contributed by atoms with Gasteiger partial charge in [-0.25, -0.2) is 8.42 Å². The Morgan fingerprint density at radius 1 is 1.44 bits per heavy atom. The maximum atomic E-state index is 11.6. The second-order valence-corrected chi connectivity index (χ2v) is 5.92. The first kappa shape index (κ1) is 14.8. The first-order valence-corrected chi connectivity index (χ1v) is 7.59. The van der Waals surface area contributed by atoms with E-state index in [0.29, 0.717) is 11.4 Å². The van der Waals surface area contributed by atoms with Crippen LogP contribution in [0.15, 0.2) is 24.3 Å². The standard InChI is InChI=1S/C12H20N2O3S/c1-3-10(2)17-12-6-4-5-11(9-12)14-18(15,16)8-7-13/h4-6,9-10,14H,3,7-8,13H2,1-2H3. The topological polar surface area (TPSA) is 81.4 Å². The van der Waals surface area contributed by atoms with Crippen molar-refractivity contribution in [1.29, 1.82) is 0 Å². The monoisotopic (exact) mass is 272 g/mol. The number of benzene rings is 1. The van der Waals surface area contributed by atoms with Crippen LogP contribution in [0.25, 0.3) is 0 Å². The molecule has 0 fully saturated rings. The summed E-state index contributed by atoms with van der Waals surface area (Å²) in [5.41, 5.74) is 5.73. The van der Waals surface area contributed by atoms with E-state index in [1.807, 2.05) is 13.8 Å². The SMILES string of the molecule is CCC(C)Oc1cccc(NS(=O)(=O)CCN)c1. The zero-order valence-corrected chi connectivity index (χ0v) is 11.5. The molecule has 1 atom stereocenters. The van der Waals surface area contributed by atoms with Gasteiger partial charge in [-0.1, -0.05) is 13.0 Å². The van der Waals surface area contributed by atoms with Crippen LogP contribution in [-0.4, -0.2) is 26.8 Å². The van der Waals surface area contributed by atoms with Gasteiger partial charge < -0.3 is 10.5 Å². The molecule has 0 heterocycles. The van der Waals surface area contributed by atoms with Crippen LogP contribution in [-0.2, 0) is 10.0 Å². The van der Waals surface area contributed by atoms with Gasteiger partial charge in [-0.3, -0.25) is 4.72 Å². The van der Waals surface area contributed by atoms with Crippen molar-refractivity contribution in [3.05, 3.63) is 24.3 Å². The van der Waals surface area contributed by atoms with E-state index in [-0.39, 0.29) is 18.4 Å². The quantitative estimate of drug-likeness (QED) is 0.789. The Labute approximate surface area is 108 Å². The van der Waals surface area contributed by atoms with Gasteiger partial charge in [-0.15, -0.1) is 0 Å². The summed E-state index contributed by atoms with van der Waals surface area (Å²) in [5, 5.41) is 0. The van der Waals surface area contributed by atoms with Crippen molar-refractivity contribution >= 4 is 15.7 Å². The molecule has 1 unspecified atom stereocenters. The van der Waals surface area contributed by atoms with Crippen LogP contribution in [0.4, 0.5) is 5.69 Å². The Bertz CT molecular complexity index is 474. The molecule has 0 aliphatic heterocycles. The number of anilines is 1. The Hall–Kier alpha value is -1.27. The molecule has 0 radical (unpaired) electrons. The highest BCUT2D eigenvalue weighted by Gasteiger charge is 2.09. The van der Waals surface area contributed by atoms with Crippen LogP contribution in [0, 0.1) is 0 Å². The van der Waals surface area contributed by atoms with Crippen LogP contribution in [0.1, 0.15) is 20.3 Å². The molecule has 0 spiro atoms. The summed E-state index contributed by atoms with van der Waals surface area (Å²) in [5.74, 6) is 0.556. The molecular weight excluding hydrogens is 252 g/mol. The fourth-order valence-electron chi connectivity index (χ4n) is 1.33. The van der Waals surface area contributed by atoms with Crippen molar-refractivity contribution < 1.29 is 13.2 Å². The van der Waals surface area contributed by atoms with Gasteiger partial charge in [0.1, 0.15) is 5.75 Å². The molecule has 0 aliphatic carbocycles. The number of ether oxygens (including phenoxy) is 1. The Morgan fingerprint density at radius 2 is 2.17 bits per heavy atom. The fourth-order valence-corrected chi connectivity index (χ4v) is 2.23. The zero-order valence-electron chi connectivity index (χ0n) is 10.7. The second kappa shape index (κ2) is 6.61.